The van der Waals surface area contributed by atoms with Gasteiger partial charge < -0.3 is 9.67 Å². The molecule has 0 spiro atoms. The van der Waals surface area contributed by atoms with Crippen molar-refractivity contribution in [3.8, 4) is 22.6 Å². The van der Waals surface area contributed by atoms with E-state index in [1.165, 1.54) is 18.3 Å². The van der Waals surface area contributed by atoms with Crippen LogP contribution in [0.25, 0.3) is 22.6 Å². The number of aromatic nitrogens is 4. The quantitative estimate of drug-likeness (QED) is 0.740. The Bertz CT molecular complexity index is 950. The van der Waals surface area contributed by atoms with Crippen LogP contribution in [0.1, 0.15) is 25.3 Å². The van der Waals surface area contributed by atoms with Crippen molar-refractivity contribution in [1.82, 2.24) is 19.5 Å². The van der Waals surface area contributed by atoms with Crippen molar-refractivity contribution in [2.24, 2.45) is 0 Å². The summed E-state index contributed by atoms with van der Waals surface area (Å²) in [6.45, 7) is 0. The fourth-order valence-corrected chi connectivity index (χ4v) is 3.02. The number of carbonyl (C=O) groups is 1. The normalized spacial score (nSPS) is 14.0. The molecule has 1 amide bonds. The molecule has 1 aliphatic carbocycles. The van der Waals surface area contributed by atoms with E-state index in [2.05, 4.69) is 24.8 Å². The molecule has 2 heterocycles. The lowest BCUT2D eigenvalue weighted by molar-refractivity contribution is 0.209. The van der Waals surface area contributed by atoms with E-state index in [-0.39, 0.29) is 11.8 Å². The number of rotatable bonds is 4. The van der Waals surface area contributed by atoms with Gasteiger partial charge >= 0.3 is 6.09 Å². The van der Waals surface area contributed by atoms with Gasteiger partial charge in [0.1, 0.15) is 5.82 Å². The molecular formula is C18H16FN5O2. The molecule has 1 fully saturated rings. The third-order valence-electron chi connectivity index (χ3n) is 4.50. The Balaban J connectivity index is 1.84. The van der Waals surface area contributed by atoms with Gasteiger partial charge in [0.15, 0.2) is 0 Å². The number of nitrogens with zero attached hydrogens (tertiary/aromatic N) is 4. The first-order chi connectivity index (χ1) is 12.6. The van der Waals surface area contributed by atoms with Crippen LogP contribution in [0, 0.1) is 5.82 Å². The van der Waals surface area contributed by atoms with Crippen LogP contribution in [0.2, 0.25) is 0 Å². The third kappa shape index (κ3) is 3.01. The van der Waals surface area contributed by atoms with Gasteiger partial charge in [0, 0.05) is 17.8 Å². The van der Waals surface area contributed by atoms with Gasteiger partial charge in [-0.3, -0.25) is 5.32 Å². The van der Waals surface area contributed by atoms with Crippen LogP contribution in [0.5, 0.6) is 0 Å². The maximum absolute atomic E-state index is 13.3. The summed E-state index contributed by atoms with van der Waals surface area (Å²) in [6, 6.07) is 8.16. The maximum atomic E-state index is 13.3. The zero-order valence-electron chi connectivity index (χ0n) is 13.8. The van der Waals surface area contributed by atoms with Gasteiger partial charge in [-0.25, -0.2) is 24.1 Å². The summed E-state index contributed by atoms with van der Waals surface area (Å²) >= 11 is 0. The highest BCUT2D eigenvalue weighted by Gasteiger charge is 2.26. The third-order valence-corrected chi connectivity index (χ3v) is 4.50. The Morgan fingerprint density at radius 3 is 2.62 bits per heavy atom. The van der Waals surface area contributed by atoms with Crippen molar-refractivity contribution >= 4 is 12.0 Å². The molecule has 0 atom stereocenters. The average molecular weight is 353 g/mol. The van der Waals surface area contributed by atoms with Crippen LogP contribution in [-0.2, 0) is 0 Å². The predicted octanol–water partition coefficient (Wildman–Crippen LogP) is 3.96. The summed E-state index contributed by atoms with van der Waals surface area (Å²) < 4.78 is 15.4. The van der Waals surface area contributed by atoms with Crippen LogP contribution in [0.3, 0.4) is 0 Å². The first-order valence-electron chi connectivity index (χ1n) is 8.28. The Morgan fingerprint density at radius 1 is 1.19 bits per heavy atom. The molecule has 26 heavy (non-hydrogen) atoms. The average Bonchev–Trinajstić information content (AvgIpc) is 2.98. The van der Waals surface area contributed by atoms with Gasteiger partial charge in [0.25, 0.3) is 0 Å². The lowest BCUT2D eigenvalue weighted by atomic mass is 9.92. The molecule has 0 bridgehead atoms. The molecule has 7 nitrogen and oxygen atoms in total. The number of imidazole rings is 1. The summed E-state index contributed by atoms with van der Waals surface area (Å²) in [6.07, 6.45) is 5.30. The fraction of sp³-hybridized carbons (Fsp3) is 0.222. The van der Waals surface area contributed by atoms with Gasteiger partial charge in [-0.2, -0.15) is 0 Å². The van der Waals surface area contributed by atoms with Gasteiger partial charge in [-0.05, 0) is 49.6 Å². The standard InChI is InChI=1S/C18H16FN5O2/c19-12-6-4-11(5-7-12)15-16(24(10-21-15)13-2-1-3-13)14-8-9-20-17(22-14)23-18(25)26/h4-10,13H,1-3H2,(H,25,26)(H,20,22,23). The molecule has 1 saturated carbocycles. The number of hydrogen-bond acceptors (Lipinski definition) is 4. The lowest BCUT2D eigenvalue weighted by Gasteiger charge is -2.28. The van der Waals surface area contributed by atoms with Crippen LogP contribution >= 0.6 is 0 Å². The number of hydrogen-bond donors (Lipinski definition) is 2. The van der Waals surface area contributed by atoms with Gasteiger partial charge in [0.2, 0.25) is 5.95 Å². The number of halogens is 1. The van der Waals surface area contributed by atoms with Crippen LogP contribution in [-0.4, -0.2) is 30.7 Å². The predicted molar refractivity (Wildman–Crippen MR) is 93.2 cm³/mol. The van der Waals surface area contributed by atoms with Gasteiger partial charge in [-0.15, -0.1) is 0 Å². The Morgan fingerprint density at radius 2 is 1.96 bits per heavy atom. The molecule has 8 heteroatoms. The molecular weight excluding hydrogens is 337 g/mol. The van der Waals surface area contributed by atoms with E-state index in [0.717, 1.165) is 30.5 Å². The Labute approximate surface area is 148 Å². The lowest BCUT2D eigenvalue weighted by Crippen LogP contribution is -2.17. The molecule has 1 aromatic carbocycles. The van der Waals surface area contributed by atoms with Gasteiger partial charge in [-0.1, -0.05) is 0 Å². The van der Waals surface area contributed by atoms with Crippen molar-refractivity contribution in [2.75, 3.05) is 5.32 Å². The molecule has 0 aliphatic heterocycles. The summed E-state index contributed by atoms with van der Waals surface area (Å²) in [5.74, 6) is -0.315. The summed E-state index contributed by atoms with van der Waals surface area (Å²) in [5, 5.41) is 11.1. The second-order valence-electron chi connectivity index (χ2n) is 6.14. The number of amides is 1. The minimum atomic E-state index is -1.23. The number of anilines is 1. The monoisotopic (exact) mass is 353 g/mol. The molecule has 2 N–H and O–H groups in total. The maximum Gasteiger partial charge on any atom is 0.411 e. The molecule has 2 aromatic heterocycles. The number of carboxylic acid groups (broad SMARTS) is 1. The highest BCUT2D eigenvalue weighted by molar-refractivity contribution is 5.81. The van der Waals surface area contributed by atoms with Crippen molar-refractivity contribution < 1.29 is 14.3 Å². The molecule has 0 radical (unpaired) electrons. The molecule has 3 aromatic rings. The highest BCUT2D eigenvalue weighted by Crippen LogP contribution is 2.39. The largest absolute Gasteiger partial charge is 0.465 e. The van der Waals surface area contributed by atoms with Crippen molar-refractivity contribution in [3.05, 3.63) is 48.7 Å². The summed E-state index contributed by atoms with van der Waals surface area (Å²) in [7, 11) is 0. The van der Waals surface area contributed by atoms with E-state index >= 15 is 0 Å². The first-order valence-corrected chi connectivity index (χ1v) is 8.28. The minimum absolute atomic E-state index is 0.00131. The van der Waals surface area contributed by atoms with E-state index in [1.807, 2.05) is 0 Å². The molecule has 132 valence electrons. The number of nitrogens with one attached hydrogen (secondary N) is 1. The zero-order valence-corrected chi connectivity index (χ0v) is 13.8. The molecule has 0 unspecified atom stereocenters. The second-order valence-corrected chi connectivity index (χ2v) is 6.14. The fourth-order valence-electron chi connectivity index (χ4n) is 3.02. The second kappa shape index (κ2) is 6.55. The van der Waals surface area contributed by atoms with Crippen molar-refractivity contribution in [1.29, 1.82) is 0 Å². The SMILES string of the molecule is O=C(O)Nc1nccc(-c2c(-c3ccc(F)cc3)ncn2C2CCC2)n1. The smallest absolute Gasteiger partial charge is 0.411 e. The van der Waals surface area contributed by atoms with Crippen LogP contribution in [0.15, 0.2) is 42.9 Å². The molecule has 0 saturated heterocycles. The zero-order chi connectivity index (χ0) is 18.1. The number of benzene rings is 1. The molecule has 1 aliphatic rings. The van der Waals surface area contributed by atoms with Gasteiger partial charge in [0.05, 0.1) is 23.4 Å². The summed E-state index contributed by atoms with van der Waals surface area (Å²) in [5.41, 5.74) is 2.78. The van der Waals surface area contributed by atoms with Crippen LogP contribution in [0.4, 0.5) is 15.1 Å². The highest BCUT2D eigenvalue weighted by atomic mass is 19.1. The Hall–Kier alpha value is -3.29. The van der Waals surface area contributed by atoms with E-state index in [9.17, 15) is 9.18 Å². The van der Waals surface area contributed by atoms with E-state index in [0.29, 0.717) is 17.4 Å². The Kier molecular flexibility index (Phi) is 4.08. The molecule has 4 rings (SSSR count). The van der Waals surface area contributed by atoms with Crippen molar-refractivity contribution in [3.63, 3.8) is 0 Å². The van der Waals surface area contributed by atoms with Crippen molar-refractivity contribution in [2.45, 2.75) is 25.3 Å². The van der Waals surface area contributed by atoms with E-state index in [1.54, 1.807) is 24.5 Å². The van der Waals surface area contributed by atoms with E-state index in [4.69, 9.17) is 5.11 Å². The minimum Gasteiger partial charge on any atom is -0.465 e. The van der Waals surface area contributed by atoms with E-state index < -0.39 is 6.09 Å². The topological polar surface area (TPSA) is 92.9 Å². The van der Waals surface area contributed by atoms with Crippen LogP contribution < -0.4 is 5.32 Å². The summed E-state index contributed by atoms with van der Waals surface area (Å²) in [4.78, 5) is 23.7. The first kappa shape index (κ1) is 16.2.